The highest BCUT2D eigenvalue weighted by molar-refractivity contribution is 6.10. The van der Waals surface area contributed by atoms with Crippen molar-refractivity contribution in [1.82, 2.24) is 9.13 Å². The molecule has 0 radical (unpaired) electrons. The third-order valence-corrected chi connectivity index (χ3v) is 9.02. The van der Waals surface area contributed by atoms with Gasteiger partial charge < -0.3 is 9.13 Å². The topological polar surface area (TPSA) is 9.86 Å². The summed E-state index contributed by atoms with van der Waals surface area (Å²) in [5.41, 5.74) is 12.9. The van der Waals surface area contributed by atoms with Gasteiger partial charge in [-0.15, -0.1) is 0 Å². The molecule has 2 aromatic heterocycles. The molecule has 0 spiro atoms. The molecule has 0 unspecified atom stereocenters. The lowest BCUT2D eigenvalue weighted by Gasteiger charge is -2.11. The second-order valence-corrected chi connectivity index (χ2v) is 11.9. The van der Waals surface area contributed by atoms with Gasteiger partial charge in [0.25, 0.3) is 0 Å². The summed E-state index contributed by atoms with van der Waals surface area (Å²) < 4.78 is 5.06. The number of aryl methyl sites for hydroxylation is 4. The zero-order valence-electron chi connectivity index (χ0n) is 24.7. The molecule has 8 rings (SSSR count). The number of nitrogens with zero attached hydrogens (tertiary/aromatic N) is 2. The Balaban J connectivity index is 1.18. The Labute approximate surface area is 252 Å². The van der Waals surface area contributed by atoms with Gasteiger partial charge in [0.2, 0.25) is 0 Å². The SMILES string of the molecule is Cc1ccc2c(c1)c1cc(-c3ccccc3)ccc1n2CCCn1c2ccc(C)cc2c2cc(-c3ccccc3)ccc21. The summed E-state index contributed by atoms with van der Waals surface area (Å²) in [6.45, 7) is 6.30. The highest BCUT2D eigenvalue weighted by atomic mass is 15.0. The second kappa shape index (κ2) is 10.3. The van der Waals surface area contributed by atoms with E-state index in [4.69, 9.17) is 0 Å². The van der Waals surface area contributed by atoms with Gasteiger partial charge >= 0.3 is 0 Å². The van der Waals surface area contributed by atoms with Crippen molar-refractivity contribution >= 4 is 43.6 Å². The largest absolute Gasteiger partial charge is 0.340 e. The fourth-order valence-corrected chi connectivity index (χ4v) is 6.92. The number of aromatic nitrogens is 2. The van der Waals surface area contributed by atoms with Crippen molar-refractivity contribution < 1.29 is 0 Å². The van der Waals surface area contributed by atoms with Gasteiger partial charge in [-0.2, -0.15) is 0 Å². The average molecular weight is 555 g/mol. The van der Waals surface area contributed by atoms with E-state index in [1.165, 1.54) is 77.0 Å². The Morgan fingerprint density at radius 3 is 1.16 bits per heavy atom. The van der Waals surface area contributed by atoms with Gasteiger partial charge in [-0.3, -0.25) is 0 Å². The molecule has 0 fully saturated rings. The summed E-state index contributed by atoms with van der Waals surface area (Å²) in [4.78, 5) is 0. The molecule has 2 nitrogen and oxygen atoms in total. The summed E-state index contributed by atoms with van der Waals surface area (Å²) in [7, 11) is 0. The molecule has 6 aromatic carbocycles. The number of fused-ring (bicyclic) bond motifs is 6. The van der Waals surface area contributed by atoms with Crippen molar-refractivity contribution in [3.63, 3.8) is 0 Å². The Morgan fingerprint density at radius 1 is 0.372 bits per heavy atom. The minimum absolute atomic E-state index is 0.961. The minimum atomic E-state index is 0.961. The molecule has 0 atom stereocenters. The number of rotatable bonds is 6. The van der Waals surface area contributed by atoms with E-state index in [1.54, 1.807) is 0 Å². The Hall–Kier alpha value is -5.08. The lowest BCUT2D eigenvalue weighted by molar-refractivity contribution is 0.603. The molecule has 43 heavy (non-hydrogen) atoms. The molecule has 0 aliphatic carbocycles. The Bertz CT molecular complexity index is 2100. The number of hydrogen-bond acceptors (Lipinski definition) is 0. The second-order valence-electron chi connectivity index (χ2n) is 11.9. The molecule has 0 N–H and O–H groups in total. The highest BCUT2D eigenvalue weighted by Gasteiger charge is 2.15. The van der Waals surface area contributed by atoms with Gasteiger partial charge in [0.15, 0.2) is 0 Å². The van der Waals surface area contributed by atoms with E-state index in [2.05, 4.69) is 156 Å². The first kappa shape index (κ1) is 25.6. The first-order valence-electron chi connectivity index (χ1n) is 15.3. The van der Waals surface area contributed by atoms with Crippen LogP contribution in [0.1, 0.15) is 17.5 Å². The molecule has 0 amide bonds. The van der Waals surface area contributed by atoms with Crippen LogP contribution in [0.15, 0.2) is 133 Å². The molecule has 2 heteroatoms. The number of benzene rings is 6. The van der Waals surface area contributed by atoms with Crippen molar-refractivity contribution in [3.8, 4) is 22.3 Å². The van der Waals surface area contributed by atoms with Crippen molar-refractivity contribution in [2.75, 3.05) is 0 Å². The van der Waals surface area contributed by atoms with Crippen LogP contribution in [0.2, 0.25) is 0 Å². The maximum atomic E-state index is 2.53. The lowest BCUT2D eigenvalue weighted by Crippen LogP contribution is -2.04. The molecule has 0 aliphatic rings. The van der Waals surface area contributed by atoms with Crippen LogP contribution in [0.3, 0.4) is 0 Å². The lowest BCUT2D eigenvalue weighted by atomic mass is 10.0. The van der Waals surface area contributed by atoms with Gasteiger partial charge in [-0.05, 0) is 91.1 Å². The molecular weight excluding hydrogens is 520 g/mol. The fourth-order valence-electron chi connectivity index (χ4n) is 6.92. The standard InChI is InChI=1S/C41H34N2/c1-28-14-18-38-34(24-28)36-26-32(30-10-5-3-6-11-30)16-20-40(36)42(38)22-9-23-43-39-19-15-29(2)25-35(39)37-27-33(17-21-41(37)43)31-12-7-4-8-13-31/h3-8,10-21,24-27H,9,22-23H2,1-2H3. The molecule has 0 saturated carbocycles. The molecule has 8 aromatic rings. The van der Waals surface area contributed by atoms with Gasteiger partial charge in [0.05, 0.1) is 0 Å². The molecular formula is C41H34N2. The van der Waals surface area contributed by atoms with Gasteiger partial charge in [-0.1, -0.05) is 96.1 Å². The van der Waals surface area contributed by atoms with E-state index in [9.17, 15) is 0 Å². The van der Waals surface area contributed by atoms with Crippen molar-refractivity contribution in [2.45, 2.75) is 33.4 Å². The van der Waals surface area contributed by atoms with E-state index >= 15 is 0 Å². The van der Waals surface area contributed by atoms with Crippen LogP contribution in [0.4, 0.5) is 0 Å². The fraction of sp³-hybridized carbons (Fsp3) is 0.122. The minimum Gasteiger partial charge on any atom is -0.340 e. The summed E-state index contributed by atoms with van der Waals surface area (Å²) in [5.74, 6) is 0. The first-order valence-corrected chi connectivity index (χ1v) is 15.3. The molecule has 0 aliphatic heterocycles. The quantitative estimate of drug-likeness (QED) is 0.193. The molecule has 2 heterocycles. The van der Waals surface area contributed by atoms with Crippen LogP contribution < -0.4 is 0 Å². The molecule has 208 valence electrons. The van der Waals surface area contributed by atoms with Crippen LogP contribution in [0.25, 0.3) is 65.9 Å². The summed E-state index contributed by atoms with van der Waals surface area (Å²) in [6.07, 6.45) is 1.04. The van der Waals surface area contributed by atoms with E-state index in [-0.39, 0.29) is 0 Å². The predicted molar refractivity (Wildman–Crippen MR) is 184 cm³/mol. The summed E-state index contributed by atoms with van der Waals surface area (Å²) >= 11 is 0. The zero-order valence-corrected chi connectivity index (χ0v) is 24.7. The van der Waals surface area contributed by atoms with Crippen LogP contribution in [-0.4, -0.2) is 9.13 Å². The van der Waals surface area contributed by atoms with Crippen molar-refractivity contribution in [3.05, 3.63) is 145 Å². The Kier molecular flexibility index (Phi) is 6.15. The highest BCUT2D eigenvalue weighted by Crippen LogP contribution is 2.36. The van der Waals surface area contributed by atoms with Gasteiger partial charge in [0, 0.05) is 56.7 Å². The Morgan fingerprint density at radius 2 is 0.744 bits per heavy atom. The van der Waals surface area contributed by atoms with Crippen molar-refractivity contribution in [1.29, 1.82) is 0 Å². The van der Waals surface area contributed by atoms with Crippen LogP contribution in [0.5, 0.6) is 0 Å². The summed E-state index contributed by atoms with van der Waals surface area (Å²) in [6, 6.07) is 49.2. The van der Waals surface area contributed by atoms with Gasteiger partial charge in [0.1, 0.15) is 0 Å². The van der Waals surface area contributed by atoms with E-state index in [0.717, 1.165) is 19.5 Å². The normalized spacial score (nSPS) is 11.8. The van der Waals surface area contributed by atoms with Gasteiger partial charge in [-0.25, -0.2) is 0 Å². The monoisotopic (exact) mass is 554 g/mol. The zero-order chi connectivity index (χ0) is 28.9. The average Bonchev–Trinajstić information content (AvgIpc) is 3.52. The number of hydrogen-bond donors (Lipinski definition) is 0. The predicted octanol–water partition coefficient (Wildman–Crippen LogP) is 10.9. The first-order chi connectivity index (χ1) is 21.1. The van der Waals surface area contributed by atoms with E-state index in [1.807, 2.05) is 0 Å². The third kappa shape index (κ3) is 4.42. The molecule has 0 saturated heterocycles. The summed E-state index contributed by atoms with van der Waals surface area (Å²) in [5, 5.41) is 5.35. The maximum Gasteiger partial charge on any atom is 0.0491 e. The maximum absolute atomic E-state index is 2.53. The van der Waals surface area contributed by atoms with Crippen LogP contribution in [0, 0.1) is 13.8 Å². The van der Waals surface area contributed by atoms with E-state index < -0.39 is 0 Å². The van der Waals surface area contributed by atoms with Crippen LogP contribution in [-0.2, 0) is 13.1 Å². The molecule has 0 bridgehead atoms. The van der Waals surface area contributed by atoms with E-state index in [0.29, 0.717) is 0 Å². The van der Waals surface area contributed by atoms with Crippen molar-refractivity contribution in [2.24, 2.45) is 0 Å². The van der Waals surface area contributed by atoms with Crippen LogP contribution >= 0.6 is 0 Å². The third-order valence-electron chi connectivity index (χ3n) is 9.02. The smallest absolute Gasteiger partial charge is 0.0491 e.